The Morgan fingerprint density at radius 2 is 1.92 bits per heavy atom. The van der Waals surface area contributed by atoms with Crippen molar-refractivity contribution in [2.75, 3.05) is 24.6 Å². The number of aromatic nitrogens is 2. The molecule has 0 radical (unpaired) electrons. The summed E-state index contributed by atoms with van der Waals surface area (Å²) in [5, 5.41) is 24.9. The van der Waals surface area contributed by atoms with Crippen LogP contribution in [0.25, 0.3) is 0 Å². The number of anilines is 1. The van der Waals surface area contributed by atoms with Crippen molar-refractivity contribution in [1.29, 1.82) is 0 Å². The van der Waals surface area contributed by atoms with Crippen LogP contribution in [0.15, 0.2) is 24.4 Å². The molecule has 0 saturated carbocycles. The number of non-ortho nitro benzene ring substituents is 1. The highest BCUT2D eigenvalue weighted by Crippen LogP contribution is 2.40. The third-order valence-corrected chi connectivity index (χ3v) is 5.08. The largest absolute Gasteiger partial charge is 0.394 e. The Bertz CT molecular complexity index is 749. The Hall–Kier alpha value is -1.83. The predicted molar refractivity (Wildman–Crippen MR) is 96.6 cm³/mol. The molecule has 1 aromatic heterocycles. The van der Waals surface area contributed by atoms with E-state index in [1.165, 1.54) is 12.1 Å². The second-order valence-corrected chi connectivity index (χ2v) is 6.79. The van der Waals surface area contributed by atoms with E-state index in [-0.39, 0.29) is 12.3 Å². The minimum atomic E-state index is -0.504. The number of aliphatic hydroxyl groups is 1. The van der Waals surface area contributed by atoms with E-state index in [0.29, 0.717) is 28.2 Å². The van der Waals surface area contributed by atoms with Crippen molar-refractivity contribution in [3.63, 3.8) is 0 Å². The highest BCUT2D eigenvalue weighted by Gasteiger charge is 2.26. The molecule has 1 aliphatic heterocycles. The summed E-state index contributed by atoms with van der Waals surface area (Å²) >= 11 is 12.5. The lowest BCUT2D eigenvalue weighted by Gasteiger charge is -2.34. The number of halogens is 2. The Kier molecular flexibility index (Phi) is 5.46. The van der Waals surface area contributed by atoms with E-state index in [1.807, 2.05) is 10.7 Å². The van der Waals surface area contributed by atoms with Crippen molar-refractivity contribution in [2.45, 2.75) is 25.3 Å². The number of hydrogen-bond donors (Lipinski definition) is 1. The summed E-state index contributed by atoms with van der Waals surface area (Å²) in [7, 11) is 0. The van der Waals surface area contributed by atoms with Crippen LogP contribution in [0.4, 0.5) is 11.4 Å². The van der Waals surface area contributed by atoms with Crippen LogP contribution in [0.1, 0.15) is 24.5 Å². The molecule has 1 N–H and O–H groups in total. The number of rotatable bonds is 5. The van der Waals surface area contributed by atoms with Gasteiger partial charge in [0.1, 0.15) is 0 Å². The van der Waals surface area contributed by atoms with Crippen molar-refractivity contribution < 1.29 is 10.0 Å². The molecule has 134 valence electrons. The molecule has 0 bridgehead atoms. The maximum atomic E-state index is 10.9. The SMILES string of the molecule is O=[N+]([O-])c1cc(Cl)c(N2CCC(c3ccnn3CCO)CC2)c(Cl)c1. The zero-order valence-electron chi connectivity index (χ0n) is 13.4. The highest BCUT2D eigenvalue weighted by atomic mass is 35.5. The van der Waals surface area contributed by atoms with Gasteiger partial charge in [-0.15, -0.1) is 0 Å². The average molecular weight is 385 g/mol. The molecule has 9 heteroatoms. The second kappa shape index (κ2) is 7.59. The van der Waals surface area contributed by atoms with Crippen LogP contribution in [0.5, 0.6) is 0 Å². The summed E-state index contributed by atoms with van der Waals surface area (Å²) in [6, 6.07) is 4.66. The number of nitro benzene ring substituents is 1. The molecule has 0 spiro atoms. The number of nitro groups is 1. The van der Waals surface area contributed by atoms with E-state index in [4.69, 9.17) is 28.3 Å². The molecule has 25 heavy (non-hydrogen) atoms. The topological polar surface area (TPSA) is 84.4 Å². The minimum absolute atomic E-state index is 0.0571. The van der Waals surface area contributed by atoms with Crippen molar-refractivity contribution in [3.05, 3.63) is 50.2 Å². The fourth-order valence-corrected chi connectivity index (χ4v) is 4.04. The molecule has 3 rings (SSSR count). The maximum absolute atomic E-state index is 10.9. The Morgan fingerprint density at radius 1 is 1.28 bits per heavy atom. The lowest BCUT2D eigenvalue weighted by atomic mass is 9.93. The van der Waals surface area contributed by atoms with E-state index in [0.717, 1.165) is 31.6 Å². The van der Waals surface area contributed by atoms with Gasteiger partial charge in [-0.25, -0.2) is 0 Å². The van der Waals surface area contributed by atoms with Crippen LogP contribution in [0.3, 0.4) is 0 Å². The maximum Gasteiger partial charge on any atom is 0.272 e. The molecule has 1 fully saturated rings. The van der Waals surface area contributed by atoms with Gasteiger partial charge in [-0.05, 0) is 18.9 Å². The molecule has 0 atom stereocenters. The van der Waals surface area contributed by atoms with Gasteiger partial charge < -0.3 is 10.0 Å². The smallest absolute Gasteiger partial charge is 0.272 e. The molecule has 0 amide bonds. The first-order chi connectivity index (χ1) is 12.0. The zero-order chi connectivity index (χ0) is 18.0. The van der Waals surface area contributed by atoms with Gasteiger partial charge in [-0.1, -0.05) is 23.2 Å². The van der Waals surface area contributed by atoms with Crippen LogP contribution in [-0.4, -0.2) is 39.5 Å². The van der Waals surface area contributed by atoms with Crippen LogP contribution in [0.2, 0.25) is 10.0 Å². The first-order valence-corrected chi connectivity index (χ1v) is 8.77. The molecule has 1 aliphatic rings. The lowest BCUT2D eigenvalue weighted by molar-refractivity contribution is -0.384. The highest BCUT2D eigenvalue weighted by molar-refractivity contribution is 6.39. The molecular weight excluding hydrogens is 367 g/mol. The van der Waals surface area contributed by atoms with Crippen molar-refractivity contribution >= 4 is 34.6 Å². The molecule has 0 unspecified atom stereocenters. The van der Waals surface area contributed by atoms with Gasteiger partial charge in [-0.2, -0.15) is 5.10 Å². The molecule has 2 heterocycles. The summed E-state index contributed by atoms with van der Waals surface area (Å²) in [6.45, 7) is 2.03. The lowest BCUT2D eigenvalue weighted by Crippen LogP contribution is -2.34. The summed E-state index contributed by atoms with van der Waals surface area (Å²) < 4.78 is 1.84. The fourth-order valence-electron chi connectivity index (χ4n) is 3.33. The molecule has 1 saturated heterocycles. The number of hydrogen-bond acceptors (Lipinski definition) is 5. The van der Waals surface area contributed by atoms with Crippen LogP contribution in [0, 0.1) is 10.1 Å². The van der Waals surface area contributed by atoms with Gasteiger partial charge >= 0.3 is 0 Å². The second-order valence-electron chi connectivity index (χ2n) is 5.98. The van der Waals surface area contributed by atoms with Gasteiger partial charge in [0.2, 0.25) is 0 Å². The minimum Gasteiger partial charge on any atom is -0.394 e. The number of aliphatic hydroxyl groups excluding tert-OH is 1. The molecule has 0 aliphatic carbocycles. The number of nitrogens with zero attached hydrogens (tertiary/aromatic N) is 4. The van der Waals surface area contributed by atoms with E-state index >= 15 is 0 Å². The first-order valence-electron chi connectivity index (χ1n) is 8.02. The van der Waals surface area contributed by atoms with E-state index in [1.54, 1.807) is 6.20 Å². The summed E-state index contributed by atoms with van der Waals surface area (Å²) in [5.74, 6) is 0.348. The predicted octanol–water partition coefficient (Wildman–Crippen LogP) is 3.47. The number of piperidine rings is 1. The Morgan fingerprint density at radius 3 is 2.48 bits per heavy atom. The third-order valence-electron chi connectivity index (χ3n) is 4.50. The molecule has 7 nitrogen and oxygen atoms in total. The zero-order valence-corrected chi connectivity index (χ0v) is 14.9. The van der Waals surface area contributed by atoms with Crippen LogP contribution < -0.4 is 4.90 Å². The monoisotopic (exact) mass is 384 g/mol. The van der Waals surface area contributed by atoms with Crippen molar-refractivity contribution in [3.8, 4) is 0 Å². The average Bonchev–Trinajstić information content (AvgIpc) is 3.03. The summed E-state index contributed by atoms with van der Waals surface area (Å²) in [5.41, 5.74) is 1.66. The summed E-state index contributed by atoms with van der Waals surface area (Å²) in [6.07, 6.45) is 3.53. The molecule has 1 aromatic carbocycles. The standard InChI is InChI=1S/C16H18Cl2N4O3/c17-13-9-12(22(24)25)10-14(18)16(13)20-5-2-11(3-6-20)15-1-4-19-21(15)7-8-23/h1,4,9-11,23H,2-3,5-8H2. The van der Waals surface area contributed by atoms with Crippen LogP contribution in [-0.2, 0) is 6.54 Å². The van der Waals surface area contributed by atoms with Crippen LogP contribution >= 0.6 is 23.2 Å². The van der Waals surface area contributed by atoms with Gasteiger partial charge in [0, 0.05) is 43.0 Å². The van der Waals surface area contributed by atoms with E-state index < -0.39 is 4.92 Å². The fraction of sp³-hybridized carbons (Fsp3) is 0.438. The van der Waals surface area contributed by atoms with Gasteiger partial charge in [-0.3, -0.25) is 14.8 Å². The first kappa shape index (κ1) is 18.0. The normalized spacial score (nSPS) is 15.6. The van der Waals surface area contributed by atoms with Crippen molar-refractivity contribution in [1.82, 2.24) is 9.78 Å². The van der Waals surface area contributed by atoms with Gasteiger partial charge in [0.05, 0.1) is 33.8 Å². The van der Waals surface area contributed by atoms with Gasteiger partial charge in [0.15, 0.2) is 0 Å². The molecule has 2 aromatic rings. The van der Waals surface area contributed by atoms with E-state index in [9.17, 15) is 10.1 Å². The van der Waals surface area contributed by atoms with E-state index in [2.05, 4.69) is 10.00 Å². The Labute approximate surface area is 154 Å². The van der Waals surface area contributed by atoms with Crippen molar-refractivity contribution in [2.24, 2.45) is 0 Å². The number of benzene rings is 1. The van der Waals surface area contributed by atoms with Gasteiger partial charge in [0.25, 0.3) is 5.69 Å². The third kappa shape index (κ3) is 3.73. The Balaban J connectivity index is 1.74. The summed E-state index contributed by atoms with van der Waals surface area (Å²) in [4.78, 5) is 12.5. The quantitative estimate of drug-likeness (QED) is 0.629. The molecular formula is C16H18Cl2N4O3.